The van der Waals surface area contributed by atoms with Gasteiger partial charge in [0.25, 0.3) is 11.8 Å². The molecular weight excluding hydrogens is 484 g/mol. The molecule has 0 bridgehead atoms. The zero-order valence-electron chi connectivity index (χ0n) is 18.5. The first kappa shape index (κ1) is 24.4. The van der Waals surface area contributed by atoms with Gasteiger partial charge < -0.3 is 16.0 Å². The summed E-state index contributed by atoms with van der Waals surface area (Å²) in [6.07, 6.45) is 0.239. The van der Waals surface area contributed by atoms with Crippen LogP contribution in [0.5, 0.6) is 0 Å². The van der Waals surface area contributed by atoms with Gasteiger partial charge in [0.2, 0.25) is 0 Å². The molecule has 3 aromatic rings. The number of aromatic nitrogens is 1. The molecule has 0 saturated heterocycles. The summed E-state index contributed by atoms with van der Waals surface area (Å²) in [6.45, 7) is 4.94. The third kappa shape index (κ3) is 4.76. The molecule has 35 heavy (non-hydrogen) atoms. The maximum absolute atomic E-state index is 15.2. The minimum absolute atomic E-state index is 0.0344. The van der Waals surface area contributed by atoms with Crippen LogP contribution in [0.4, 0.5) is 23.2 Å². The monoisotopic (exact) mass is 504 g/mol. The maximum atomic E-state index is 15.2. The molecular formula is C24H20F4N4O2S. The number of rotatable bonds is 5. The summed E-state index contributed by atoms with van der Waals surface area (Å²) in [5.74, 6) is -8.43. The molecule has 2 heterocycles. The van der Waals surface area contributed by atoms with E-state index in [1.54, 1.807) is 0 Å². The number of alkyl halides is 2. The summed E-state index contributed by atoms with van der Waals surface area (Å²) in [4.78, 5) is 31.2. The first-order chi connectivity index (χ1) is 16.5. The highest BCUT2D eigenvalue weighted by molar-refractivity contribution is 7.12. The molecule has 0 unspecified atom stereocenters. The van der Waals surface area contributed by atoms with Crippen molar-refractivity contribution in [2.45, 2.75) is 25.8 Å². The van der Waals surface area contributed by atoms with E-state index in [9.17, 15) is 18.4 Å². The van der Waals surface area contributed by atoms with E-state index in [4.69, 9.17) is 5.73 Å². The molecule has 182 valence electrons. The Morgan fingerprint density at radius 3 is 2.57 bits per heavy atom. The number of nitrogens with two attached hydrogens (primary N) is 1. The van der Waals surface area contributed by atoms with Crippen LogP contribution in [-0.2, 0) is 23.7 Å². The topological polar surface area (TPSA) is 88.3 Å². The summed E-state index contributed by atoms with van der Waals surface area (Å²) in [7, 11) is 0. The number of fused-ring (bicyclic) bond motifs is 1. The third-order valence-corrected chi connectivity index (χ3v) is 6.70. The van der Waals surface area contributed by atoms with E-state index in [2.05, 4.69) is 16.9 Å². The van der Waals surface area contributed by atoms with E-state index < -0.39 is 34.9 Å². The van der Waals surface area contributed by atoms with E-state index in [1.807, 2.05) is 0 Å². The zero-order chi connectivity index (χ0) is 25.5. The van der Waals surface area contributed by atoms with Crippen LogP contribution in [0.3, 0.4) is 0 Å². The summed E-state index contributed by atoms with van der Waals surface area (Å²) in [6, 6.07) is 6.20. The lowest BCUT2D eigenvalue weighted by molar-refractivity contribution is -0.160. The number of hydrogen-bond donors (Lipinski definition) is 2. The number of halogens is 4. The molecule has 0 fully saturated rings. The van der Waals surface area contributed by atoms with Gasteiger partial charge in [0, 0.05) is 29.1 Å². The molecule has 0 radical (unpaired) electrons. The Kier molecular flexibility index (Phi) is 6.37. The maximum Gasteiger partial charge on any atom is 0.352 e. The quantitative estimate of drug-likeness (QED) is 0.498. The Morgan fingerprint density at radius 1 is 1.17 bits per heavy atom. The van der Waals surface area contributed by atoms with E-state index in [0.717, 1.165) is 28.4 Å². The van der Waals surface area contributed by atoms with Crippen LogP contribution in [0.25, 0.3) is 5.70 Å². The molecule has 4 rings (SSSR count). The van der Waals surface area contributed by atoms with Crippen molar-refractivity contribution in [3.8, 4) is 0 Å². The zero-order valence-corrected chi connectivity index (χ0v) is 19.3. The number of carbonyl (C=O) groups is 2. The fourth-order valence-corrected chi connectivity index (χ4v) is 4.66. The van der Waals surface area contributed by atoms with Crippen molar-refractivity contribution in [1.82, 2.24) is 9.88 Å². The molecule has 11 heteroatoms. The standard InChI is InChI=1S/C24H20F4N4O2S/c1-12-9-15(4-6-17(12)25)30-21(33)14-3-5-18(26)16(10-14)24(27,28)23(34)32-8-7-19-20(11-32)35-22(31-19)13(2)29/h3-6,9-10H,2,7-8,11,29H2,1H3,(H,30,33). The predicted octanol–water partition coefficient (Wildman–Crippen LogP) is 4.59. The van der Waals surface area contributed by atoms with Crippen molar-refractivity contribution >= 4 is 34.5 Å². The Morgan fingerprint density at radius 2 is 1.89 bits per heavy atom. The Bertz CT molecular complexity index is 1360. The second-order valence-corrected chi connectivity index (χ2v) is 9.16. The molecule has 3 N–H and O–H groups in total. The fourth-order valence-electron chi connectivity index (χ4n) is 3.65. The average Bonchev–Trinajstić information content (AvgIpc) is 3.25. The summed E-state index contributed by atoms with van der Waals surface area (Å²) in [5, 5.41) is 2.90. The lowest BCUT2D eigenvalue weighted by Gasteiger charge is -2.30. The number of aryl methyl sites for hydroxylation is 1. The van der Waals surface area contributed by atoms with Gasteiger partial charge in [-0.15, -0.1) is 11.3 Å². The lowest BCUT2D eigenvalue weighted by Crippen LogP contribution is -2.44. The van der Waals surface area contributed by atoms with Crippen molar-refractivity contribution in [1.29, 1.82) is 0 Å². The largest absolute Gasteiger partial charge is 0.397 e. The number of anilines is 1. The number of nitrogens with one attached hydrogen (secondary N) is 1. The third-order valence-electron chi connectivity index (χ3n) is 5.54. The van der Waals surface area contributed by atoms with Crippen molar-refractivity contribution in [3.63, 3.8) is 0 Å². The van der Waals surface area contributed by atoms with Gasteiger partial charge in [-0.25, -0.2) is 13.8 Å². The van der Waals surface area contributed by atoms with Crippen LogP contribution >= 0.6 is 11.3 Å². The van der Waals surface area contributed by atoms with Crippen molar-refractivity contribution < 1.29 is 27.2 Å². The van der Waals surface area contributed by atoms with Crippen LogP contribution in [0.2, 0.25) is 0 Å². The highest BCUT2D eigenvalue weighted by atomic mass is 32.1. The first-order valence-electron chi connectivity index (χ1n) is 10.5. The second-order valence-electron chi connectivity index (χ2n) is 8.08. The molecule has 1 aromatic heterocycles. The van der Waals surface area contributed by atoms with Crippen molar-refractivity contribution in [2.24, 2.45) is 5.73 Å². The number of nitrogens with zero attached hydrogens (tertiary/aromatic N) is 2. The number of thiazole rings is 1. The molecule has 0 atom stereocenters. The molecule has 1 aliphatic heterocycles. The molecule has 2 amide bonds. The van der Waals surface area contributed by atoms with Gasteiger partial charge in [-0.05, 0) is 48.9 Å². The number of amides is 2. The average molecular weight is 505 g/mol. The summed E-state index contributed by atoms with van der Waals surface area (Å²) in [5.41, 5.74) is 5.54. The molecule has 0 saturated carbocycles. The van der Waals surface area contributed by atoms with E-state index >= 15 is 8.78 Å². The Balaban J connectivity index is 1.56. The van der Waals surface area contributed by atoms with E-state index in [1.165, 1.54) is 19.1 Å². The highest BCUT2D eigenvalue weighted by Gasteiger charge is 2.47. The van der Waals surface area contributed by atoms with Crippen molar-refractivity contribution in [2.75, 3.05) is 11.9 Å². The van der Waals surface area contributed by atoms with Gasteiger partial charge in [-0.2, -0.15) is 8.78 Å². The van der Waals surface area contributed by atoms with Gasteiger partial charge in [0.05, 0.1) is 23.5 Å². The molecule has 1 aliphatic rings. The van der Waals surface area contributed by atoms with Crippen LogP contribution in [0, 0.1) is 18.6 Å². The lowest BCUT2D eigenvalue weighted by atomic mass is 10.0. The van der Waals surface area contributed by atoms with Crippen LogP contribution in [0.1, 0.15) is 37.1 Å². The van der Waals surface area contributed by atoms with Crippen LogP contribution in [-0.4, -0.2) is 28.2 Å². The minimum Gasteiger partial charge on any atom is -0.397 e. The smallest absolute Gasteiger partial charge is 0.352 e. The first-order valence-corrected chi connectivity index (χ1v) is 11.3. The summed E-state index contributed by atoms with van der Waals surface area (Å²) >= 11 is 1.16. The Hall–Kier alpha value is -3.73. The number of carbonyl (C=O) groups excluding carboxylic acids is 2. The number of hydrogen-bond acceptors (Lipinski definition) is 5. The normalized spacial score (nSPS) is 13.3. The van der Waals surface area contributed by atoms with Gasteiger partial charge >= 0.3 is 5.92 Å². The van der Waals surface area contributed by atoms with Gasteiger partial charge in [-0.1, -0.05) is 6.58 Å². The van der Waals surface area contributed by atoms with Gasteiger partial charge in [0.15, 0.2) is 0 Å². The van der Waals surface area contributed by atoms with Crippen LogP contribution < -0.4 is 11.1 Å². The minimum atomic E-state index is -4.23. The van der Waals surface area contributed by atoms with E-state index in [-0.39, 0.29) is 42.0 Å². The SMILES string of the molecule is C=C(N)c1nc2c(s1)CN(C(=O)C(F)(F)c1cc(C(=O)Nc3ccc(F)c(C)c3)ccc1F)CC2. The number of benzene rings is 2. The molecule has 0 aliphatic carbocycles. The Labute approximate surface area is 202 Å². The molecule has 2 aromatic carbocycles. The fraction of sp³-hybridized carbons (Fsp3) is 0.208. The summed E-state index contributed by atoms with van der Waals surface area (Å²) < 4.78 is 58.3. The predicted molar refractivity (Wildman–Crippen MR) is 124 cm³/mol. The van der Waals surface area contributed by atoms with Crippen LogP contribution in [0.15, 0.2) is 43.0 Å². The van der Waals surface area contributed by atoms with E-state index in [0.29, 0.717) is 27.7 Å². The van der Waals surface area contributed by atoms with Crippen molar-refractivity contribution in [3.05, 3.63) is 86.9 Å². The molecule has 6 nitrogen and oxygen atoms in total. The second kappa shape index (κ2) is 9.14. The van der Waals surface area contributed by atoms with Gasteiger partial charge in [0.1, 0.15) is 16.6 Å². The van der Waals surface area contributed by atoms with Gasteiger partial charge in [-0.3, -0.25) is 9.59 Å². The highest BCUT2D eigenvalue weighted by Crippen LogP contribution is 2.36. The molecule has 0 spiro atoms.